The molecule has 0 spiro atoms. The van der Waals surface area contributed by atoms with Crippen LogP contribution < -0.4 is 9.47 Å². The lowest BCUT2D eigenvalue weighted by Crippen LogP contribution is -2.07. The Balaban J connectivity index is 2.17. The van der Waals surface area contributed by atoms with Crippen molar-refractivity contribution in [3.05, 3.63) is 59.7 Å². The third-order valence-corrected chi connectivity index (χ3v) is 3.96. The van der Waals surface area contributed by atoms with Crippen LogP contribution in [0.3, 0.4) is 0 Å². The van der Waals surface area contributed by atoms with Crippen LogP contribution in [0.4, 0.5) is 0 Å². The molecule has 0 fully saturated rings. The number of carbonyl (C=O) groups excluding carboxylic acids is 1. The van der Waals surface area contributed by atoms with Gasteiger partial charge >= 0.3 is 0 Å². The quantitative estimate of drug-likeness (QED) is 0.611. The Bertz CT molecular complexity index is 576. The molecule has 2 rings (SSSR count). The summed E-state index contributed by atoms with van der Waals surface area (Å²) in [4.78, 5) is 12.0. The zero-order valence-electron chi connectivity index (χ0n) is 11.3. The molecule has 0 aromatic heterocycles. The summed E-state index contributed by atoms with van der Waals surface area (Å²) < 4.78 is 10.2. The third kappa shape index (κ3) is 3.20. The molecule has 0 aliphatic heterocycles. The van der Waals surface area contributed by atoms with E-state index in [0.717, 1.165) is 17.1 Å². The van der Waals surface area contributed by atoms with Gasteiger partial charge in [-0.2, -0.15) is 0 Å². The van der Waals surface area contributed by atoms with E-state index >= 15 is 0 Å². The molecule has 3 nitrogen and oxygen atoms in total. The number of carbonyl (C=O) groups is 1. The topological polar surface area (TPSA) is 35.5 Å². The number of methoxy groups -OCH3 is 2. The second-order valence-electron chi connectivity index (χ2n) is 4.23. The van der Waals surface area contributed by atoms with Crippen LogP contribution in [0.25, 0.3) is 0 Å². The van der Waals surface area contributed by atoms with Crippen molar-refractivity contribution >= 4 is 21.7 Å². The minimum Gasteiger partial charge on any atom is -0.497 e. The molecule has 0 radical (unpaired) electrons. The zero-order chi connectivity index (χ0) is 14.5. The average molecular weight is 335 g/mol. The molecular formula is C16H15BrO3. The van der Waals surface area contributed by atoms with Crippen molar-refractivity contribution in [2.24, 2.45) is 0 Å². The number of alkyl halides is 1. The largest absolute Gasteiger partial charge is 0.497 e. The van der Waals surface area contributed by atoms with E-state index in [1.165, 1.54) is 0 Å². The van der Waals surface area contributed by atoms with Crippen molar-refractivity contribution in [3.8, 4) is 11.5 Å². The highest BCUT2D eigenvalue weighted by atomic mass is 79.9. The molecule has 1 atom stereocenters. The minimum atomic E-state index is -0.373. The van der Waals surface area contributed by atoms with E-state index in [1.54, 1.807) is 38.5 Å². The maximum atomic E-state index is 12.4. The summed E-state index contributed by atoms with van der Waals surface area (Å²) in [5.41, 5.74) is 1.54. The van der Waals surface area contributed by atoms with Gasteiger partial charge in [0.25, 0.3) is 0 Å². The molecule has 4 heteroatoms. The molecule has 20 heavy (non-hydrogen) atoms. The maximum Gasteiger partial charge on any atom is 0.180 e. The van der Waals surface area contributed by atoms with Crippen LogP contribution >= 0.6 is 15.9 Å². The number of rotatable bonds is 5. The number of ketones is 1. The van der Waals surface area contributed by atoms with Crippen LogP contribution in [0.5, 0.6) is 11.5 Å². The van der Waals surface area contributed by atoms with Gasteiger partial charge in [0.2, 0.25) is 0 Å². The Hall–Kier alpha value is -1.81. The van der Waals surface area contributed by atoms with Gasteiger partial charge in [-0.25, -0.2) is 0 Å². The van der Waals surface area contributed by atoms with E-state index in [-0.39, 0.29) is 10.6 Å². The predicted molar refractivity (Wildman–Crippen MR) is 82.0 cm³/mol. The summed E-state index contributed by atoms with van der Waals surface area (Å²) in [6.07, 6.45) is 0. The first-order valence-corrected chi connectivity index (χ1v) is 7.03. The van der Waals surface area contributed by atoms with E-state index in [9.17, 15) is 4.79 Å². The van der Waals surface area contributed by atoms with Crippen LogP contribution in [0.1, 0.15) is 20.7 Å². The number of hydrogen-bond donors (Lipinski definition) is 0. The Labute approximate surface area is 126 Å². The van der Waals surface area contributed by atoms with Crippen LogP contribution in [0.15, 0.2) is 48.5 Å². The lowest BCUT2D eigenvalue weighted by atomic mass is 10.0. The maximum absolute atomic E-state index is 12.4. The molecule has 0 N–H and O–H groups in total. The predicted octanol–water partition coefficient (Wildman–Crippen LogP) is 4.02. The number of hydrogen-bond acceptors (Lipinski definition) is 3. The van der Waals surface area contributed by atoms with E-state index in [4.69, 9.17) is 9.47 Å². The van der Waals surface area contributed by atoms with Crippen LogP contribution in [-0.2, 0) is 0 Å². The van der Waals surface area contributed by atoms with Gasteiger partial charge in [0, 0.05) is 5.56 Å². The zero-order valence-corrected chi connectivity index (χ0v) is 12.9. The van der Waals surface area contributed by atoms with E-state index in [2.05, 4.69) is 15.9 Å². The normalized spacial score (nSPS) is 11.8. The first-order valence-electron chi connectivity index (χ1n) is 6.12. The molecule has 0 saturated heterocycles. The molecular weight excluding hydrogens is 320 g/mol. The summed E-state index contributed by atoms with van der Waals surface area (Å²) in [5, 5.41) is 0. The summed E-state index contributed by atoms with van der Waals surface area (Å²) in [7, 11) is 3.21. The second kappa shape index (κ2) is 6.57. The third-order valence-electron chi connectivity index (χ3n) is 3.01. The van der Waals surface area contributed by atoms with Gasteiger partial charge in [-0.1, -0.05) is 28.1 Å². The molecule has 0 amide bonds. The van der Waals surface area contributed by atoms with Crippen LogP contribution in [-0.4, -0.2) is 20.0 Å². The fourth-order valence-corrected chi connectivity index (χ4v) is 2.40. The average Bonchev–Trinajstić information content (AvgIpc) is 2.53. The minimum absolute atomic E-state index is 0.0119. The van der Waals surface area contributed by atoms with Gasteiger partial charge < -0.3 is 9.47 Å². The fraction of sp³-hybridized carbons (Fsp3) is 0.188. The first-order chi connectivity index (χ1) is 9.65. The molecule has 0 aliphatic carbocycles. The van der Waals surface area contributed by atoms with Gasteiger partial charge in [-0.05, 0) is 42.0 Å². The lowest BCUT2D eigenvalue weighted by Gasteiger charge is -2.10. The van der Waals surface area contributed by atoms with Crippen LogP contribution in [0, 0.1) is 0 Å². The number of Topliss-reactive ketones (excluding diaryl/α,β-unsaturated/α-hetero) is 1. The summed E-state index contributed by atoms with van der Waals surface area (Å²) in [6.45, 7) is 0. The van der Waals surface area contributed by atoms with Crippen molar-refractivity contribution in [3.63, 3.8) is 0 Å². The van der Waals surface area contributed by atoms with Crippen molar-refractivity contribution in [2.45, 2.75) is 4.83 Å². The van der Waals surface area contributed by atoms with Gasteiger partial charge in [0.05, 0.1) is 14.2 Å². The van der Waals surface area contributed by atoms with E-state index in [1.807, 2.05) is 24.3 Å². The Morgan fingerprint density at radius 1 is 0.900 bits per heavy atom. The second-order valence-corrected chi connectivity index (χ2v) is 5.14. The van der Waals surface area contributed by atoms with Gasteiger partial charge in [0.15, 0.2) is 5.78 Å². The van der Waals surface area contributed by atoms with Crippen molar-refractivity contribution in [2.75, 3.05) is 14.2 Å². The molecule has 2 aromatic rings. The van der Waals surface area contributed by atoms with Gasteiger partial charge in [0.1, 0.15) is 16.3 Å². The van der Waals surface area contributed by atoms with E-state index in [0.29, 0.717) is 5.56 Å². The Kier molecular flexibility index (Phi) is 4.79. The van der Waals surface area contributed by atoms with Crippen molar-refractivity contribution < 1.29 is 14.3 Å². The highest BCUT2D eigenvalue weighted by Gasteiger charge is 2.18. The fourth-order valence-electron chi connectivity index (χ4n) is 1.83. The monoisotopic (exact) mass is 334 g/mol. The molecule has 104 valence electrons. The Morgan fingerprint density at radius 3 is 1.80 bits per heavy atom. The highest BCUT2D eigenvalue weighted by Crippen LogP contribution is 2.29. The van der Waals surface area contributed by atoms with Crippen molar-refractivity contribution in [1.29, 1.82) is 0 Å². The van der Waals surface area contributed by atoms with Gasteiger partial charge in [-0.3, -0.25) is 4.79 Å². The highest BCUT2D eigenvalue weighted by molar-refractivity contribution is 9.09. The Morgan fingerprint density at radius 2 is 1.35 bits per heavy atom. The number of ether oxygens (including phenoxy) is 2. The molecule has 0 aliphatic rings. The van der Waals surface area contributed by atoms with Crippen molar-refractivity contribution in [1.82, 2.24) is 0 Å². The number of halogens is 1. The molecule has 0 heterocycles. The molecule has 0 bridgehead atoms. The summed E-state index contributed by atoms with van der Waals surface area (Å²) in [5.74, 6) is 1.51. The SMILES string of the molecule is COc1ccc(C(=O)[C@H](Br)c2ccc(OC)cc2)cc1. The summed E-state index contributed by atoms with van der Waals surface area (Å²) in [6, 6.07) is 14.5. The van der Waals surface area contributed by atoms with Gasteiger partial charge in [-0.15, -0.1) is 0 Å². The summed E-state index contributed by atoms with van der Waals surface area (Å²) >= 11 is 3.45. The number of benzene rings is 2. The standard InChI is InChI=1S/C16H15BrO3/c1-19-13-7-3-11(4-8-13)15(17)16(18)12-5-9-14(20-2)10-6-12/h3-10,15H,1-2H3/t15-/m1/s1. The first kappa shape index (κ1) is 14.6. The van der Waals surface area contributed by atoms with E-state index < -0.39 is 0 Å². The molecule has 0 saturated carbocycles. The van der Waals surface area contributed by atoms with Crippen LogP contribution in [0.2, 0.25) is 0 Å². The smallest absolute Gasteiger partial charge is 0.180 e. The lowest BCUT2D eigenvalue weighted by molar-refractivity contribution is 0.0991. The molecule has 2 aromatic carbocycles. The molecule has 0 unspecified atom stereocenters.